The molecule has 12 aromatic rings. The molecule has 0 aliphatic heterocycles. The summed E-state index contributed by atoms with van der Waals surface area (Å²) >= 11 is 0. The monoisotopic (exact) mass is 848 g/mol. The first kappa shape index (κ1) is 39.9. The maximum Gasteiger partial charge on any atom is 0.0544 e. The maximum absolute atomic E-state index is 2.57. The van der Waals surface area contributed by atoms with Gasteiger partial charge in [0.05, 0.1) is 34.1 Å². The van der Waals surface area contributed by atoms with Gasteiger partial charge in [0.15, 0.2) is 0 Å². The summed E-state index contributed by atoms with van der Waals surface area (Å²) in [4.78, 5) is 5.13. The van der Waals surface area contributed by atoms with Crippen molar-refractivity contribution in [1.82, 2.24) is 0 Å². The molecular formula is C64H52N2. The summed E-state index contributed by atoms with van der Waals surface area (Å²) in [5.74, 6) is 0. The van der Waals surface area contributed by atoms with Gasteiger partial charge in [0.1, 0.15) is 0 Å². The van der Waals surface area contributed by atoms with Gasteiger partial charge in [-0.1, -0.05) is 211 Å². The van der Waals surface area contributed by atoms with Crippen LogP contribution in [0.3, 0.4) is 0 Å². The van der Waals surface area contributed by atoms with E-state index in [2.05, 4.69) is 258 Å². The molecule has 0 fully saturated rings. The van der Waals surface area contributed by atoms with Crippen molar-refractivity contribution in [2.24, 2.45) is 0 Å². The van der Waals surface area contributed by atoms with Crippen LogP contribution in [0.4, 0.5) is 34.1 Å². The van der Waals surface area contributed by atoms with Gasteiger partial charge >= 0.3 is 0 Å². The average Bonchev–Trinajstić information content (AvgIpc) is 3.33. The molecule has 0 aliphatic rings. The van der Waals surface area contributed by atoms with Crippen LogP contribution >= 0.6 is 0 Å². The first-order valence-corrected chi connectivity index (χ1v) is 23.4. The molecule has 0 amide bonds. The van der Waals surface area contributed by atoms with E-state index in [-0.39, 0.29) is 10.8 Å². The van der Waals surface area contributed by atoms with Crippen LogP contribution < -0.4 is 9.80 Å². The van der Waals surface area contributed by atoms with Crippen LogP contribution in [-0.2, 0) is 10.8 Å². The van der Waals surface area contributed by atoms with Gasteiger partial charge < -0.3 is 9.80 Å². The van der Waals surface area contributed by atoms with E-state index in [1.54, 1.807) is 0 Å². The molecule has 0 unspecified atom stereocenters. The highest BCUT2D eigenvalue weighted by Gasteiger charge is 2.31. The number of rotatable bonds is 6. The standard InChI is InChI=1S/C64H52N2/c1-63(2,3)53-39-59(65(55-31-15-23-41-19-7-11-27-45(41)55)56-32-16-24-42-20-8-12-28-46(42)56)51-38-36-50-54(64(4,5)6)40-60(52-37-35-49(53)61(51)62(50)52)66(57-33-17-25-43-21-9-13-29-47(43)57)58-34-18-26-44-22-10-14-30-48(44)58/h7-40H,1-6H3. The van der Waals surface area contributed by atoms with E-state index >= 15 is 0 Å². The molecule has 0 N–H and O–H groups in total. The molecule has 0 aliphatic carbocycles. The summed E-state index contributed by atoms with van der Waals surface area (Å²) < 4.78 is 0. The minimum Gasteiger partial charge on any atom is -0.309 e. The first-order chi connectivity index (χ1) is 32.0. The number of anilines is 6. The average molecular weight is 849 g/mol. The molecule has 66 heavy (non-hydrogen) atoms. The minimum atomic E-state index is -0.173. The van der Waals surface area contributed by atoms with E-state index in [0.717, 1.165) is 22.7 Å². The lowest BCUT2D eigenvalue weighted by Gasteiger charge is -2.34. The third-order valence-electron chi connectivity index (χ3n) is 14.0. The number of hydrogen-bond acceptors (Lipinski definition) is 2. The summed E-state index contributed by atoms with van der Waals surface area (Å²) in [6.07, 6.45) is 0. The van der Waals surface area contributed by atoms with E-state index in [1.165, 1.54) is 97.9 Å². The highest BCUT2D eigenvalue weighted by atomic mass is 15.2. The van der Waals surface area contributed by atoms with Crippen LogP contribution in [0.15, 0.2) is 206 Å². The lowest BCUT2D eigenvalue weighted by molar-refractivity contribution is 0.595. The van der Waals surface area contributed by atoms with Crippen LogP contribution in [0.1, 0.15) is 52.7 Å². The molecule has 0 atom stereocenters. The van der Waals surface area contributed by atoms with Crippen LogP contribution in [0, 0.1) is 0 Å². The van der Waals surface area contributed by atoms with Crippen molar-refractivity contribution in [2.45, 2.75) is 52.4 Å². The predicted octanol–water partition coefficient (Wildman–Crippen LogP) is 18.7. The van der Waals surface area contributed by atoms with Crippen molar-refractivity contribution in [3.8, 4) is 0 Å². The molecule has 0 bridgehead atoms. The van der Waals surface area contributed by atoms with Gasteiger partial charge in [0.25, 0.3) is 0 Å². The zero-order valence-corrected chi connectivity index (χ0v) is 38.5. The molecule has 12 aromatic carbocycles. The summed E-state index contributed by atoms with van der Waals surface area (Å²) in [5, 5.41) is 17.4. The lowest BCUT2D eigenvalue weighted by Crippen LogP contribution is -2.18. The van der Waals surface area contributed by atoms with E-state index in [0.29, 0.717) is 0 Å². The molecule has 2 heteroatoms. The van der Waals surface area contributed by atoms with Crippen LogP contribution in [0.2, 0.25) is 0 Å². The minimum absolute atomic E-state index is 0.173. The molecular weight excluding hydrogens is 797 g/mol. The number of benzene rings is 12. The number of fused-ring (bicyclic) bond motifs is 4. The van der Waals surface area contributed by atoms with Crippen molar-refractivity contribution in [2.75, 3.05) is 9.80 Å². The Labute approximate surface area is 387 Å². The molecule has 0 saturated heterocycles. The second-order valence-electron chi connectivity index (χ2n) is 20.1. The molecule has 318 valence electrons. The Morgan fingerprint density at radius 1 is 0.242 bits per heavy atom. The Balaban J connectivity index is 1.27. The Morgan fingerprint density at radius 2 is 0.500 bits per heavy atom. The van der Waals surface area contributed by atoms with E-state index in [4.69, 9.17) is 0 Å². The van der Waals surface area contributed by atoms with Gasteiger partial charge in [0.2, 0.25) is 0 Å². The maximum atomic E-state index is 2.57. The van der Waals surface area contributed by atoms with E-state index in [1.807, 2.05) is 0 Å². The molecule has 2 nitrogen and oxygen atoms in total. The van der Waals surface area contributed by atoms with Crippen LogP contribution in [0.25, 0.3) is 75.4 Å². The van der Waals surface area contributed by atoms with Crippen LogP contribution in [0.5, 0.6) is 0 Å². The van der Waals surface area contributed by atoms with Gasteiger partial charge in [-0.25, -0.2) is 0 Å². The largest absolute Gasteiger partial charge is 0.309 e. The predicted molar refractivity (Wildman–Crippen MR) is 287 cm³/mol. The fraction of sp³-hybridized carbons (Fsp3) is 0.125. The van der Waals surface area contributed by atoms with Crippen molar-refractivity contribution < 1.29 is 0 Å². The first-order valence-electron chi connectivity index (χ1n) is 23.4. The summed E-state index contributed by atoms with van der Waals surface area (Å²) in [5.41, 5.74) is 9.31. The smallest absolute Gasteiger partial charge is 0.0544 e. The van der Waals surface area contributed by atoms with Crippen molar-refractivity contribution in [3.05, 3.63) is 217 Å². The van der Waals surface area contributed by atoms with Gasteiger partial charge in [-0.2, -0.15) is 0 Å². The highest BCUT2D eigenvalue weighted by Crippen LogP contribution is 2.54. The van der Waals surface area contributed by atoms with E-state index < -0.39 is 0 Å². The molecule has 0 heterocycles. The Hall–Kier alpha value is -7.68. The second-order valence-corrected chi connectivity index (χ2v) is 20.1. The SMILES string of the molecule is CC(C)(C)c1cc(N(c2cccc3ccccc23)c2cccc3ccccc23)c2ccc3c(C(C)(C)C)cc(N(c4cccc5ccccc45)c4cccc5ccccc45)c4ccc1c2c43. The fourth-order valence-corrected chi connectivity index (χ4v) is 11.0. The molecule has 12 rings (SSSR count). The Kier molecular flexibility index (Phi) is 9.03. The van der Waals surface area contributed by atoms with Gasteiger partial charge in [0, 0.05) is 32.3 Å². The Morgan fingerprint density at radius 3 is 0.788 bits per heavy atom. The zero-order valence-electron chi connectivity index (χ0n) is 38.5. The zero-order chi connectivity index (χ0) is 44.9. The van der Waals surface area contributed by atoms with Gasteiger partial charge in [-0.3, -0.25) is 0 Å². The third-order valence-corrected chi connectivity index (χ3v) is 14.0. The third kappa shape index (κ3) is 6.23. The Bertz CT molecular complexity index is 3430. The molecule has 0 spiro atoms. The van der Waals surface area contributed by atoms with Crippen molar-refractivity contribution in [1.29, 1.82) is 0 Å². The topological polar surface area (TPSA) is 6.48 Å². The highest BCUT2D eigenvalue weighted by molar-refractivity contribution is 6.30. The summed E-state index contributed by atoms with van der Waals surface area (Å²) in [7, 11) is 0. The van der Waals surface area contributed by atoms with Gasteiger partial charge in [-0.15, -0.1) is 0 Å². The summed E-state index contributed by atoms with van der Waals surface area (Å²) in [6, 6.07) is 77.1. The lowest BCUT2D eigenvalue weighted by atomic mass is 9.77. The second kappa shape index (κ2) is 14.9. The van der Waals surface area contributed by atoms with Crippen molar-refractivity contribution >= 4 is 110 Å². The van der Waals surface area contributed by atoms with Gasteiger partial charge in [-0.05, 0) is 101 Å². The summed E-state index contributed by atoms with van der Waals surface area (Å²) in [6.45, 7) is 14.2. The molecule has 0 aromatic heterocycles. The molecule has 0 radical (unpaired) electrons. The van der Waals surface area contributed by atoms with Crippen LogP contribution in [-0.4, -0.2) is 0 Å². The van der Waals surface area contributed by atoms with E-state index in [9.17, 15) is 0 Å². The molecule has 0 saturated carbocycles. The fourth-order valence-electron chi connectivity index (χ4n) is 11.0. The quantitative estimate of drug-likeness (QED) is 0.154. The number of nitrogens with zero attached hydrogens (tertiary/aromatic N) is 2. The van der Waals surface area contributed by atoms with Crippen molar-refractivity contribution in [3.63, 3.8) is 0 Å². The normalized spacial score (nSPS) is 12.4. The number of hydrogen-bond donors (Lipinski definition) is 0.